The summed E-state index contributed by atoms with van der Waals surface area (Å²) in [5.41, 5.74) is 1.42. The number of carbonyl (C=O) groups excluding carboxylic acids is 1. The van der Waals surface area contributed by atoms with E-state index in [4.69, 9.17) is 16.3 Å². The van der Waals surface area contributed by atoms with Gasteiger partial charge in [0.05, 0.1) is 22.7 Å². The second-order valence-electron chi connectivity index (χ2n) is 7.05. The highest BCUT2D eigenvalue weighted by Gasteiger charge is 2.15. The standard InChI is InChI=1S/C23H26ClN3O3S/c1-3-30-13-7-12-27-22(29)19-11-10-18(24)14-20(19)26-23(27)31-15-21(28)25-16(2)17-8-5-4-6-9-17/h4-6,8-11,14,16H,3,7,12-13,15H2,1-2H3,(H,25,28). The highest BCUT2D eigenvalue weighted by Crippen LogP contribution is 2.21. The minimum Gasteiger partial charge on any atom is -0.382 e. The van der Waals surface area contributed by atoms with Crippen molar-refractivity contribution in [3.63, 3.8) is 0 Å². The maximum atomic E-state index is 13.1. The molecule has 6 nitrogen and oxygen atoms in total. The first-order valence-corrected chi connectivity index (χ1v) is 11.6. The first-order chi connectivity index (χ1) is 15.0. The van der Waals surface area contributed by atoms with Crippen molar-refractivity contribution in [3.05, 3.63) is 69.5 Å². The number of nitrogens with one attached hydrogen (secondary N) is 1. The molecule has 1 aromatic heterocycles. The molecule has 2 aromatic carbocycles. The summed E-state index contributed by atoms with van der Waals surface area (Å²) in [7, 11) is 0. The number of carbonyl (C=O) groups is 1. The number of halogens is 1. The molecule has 0 aliphatic carbocycles. The minimum atomic E-state index is -0.140. The molecule has 164 valence electrons. The summed E-state index contributed by atoms with van der Waals surface area (Å²) in [6.45, 7) is 5.53. The lowest BCUT2D eigenvalue weighted by Crippen LogP contribution is -2.29. The number of ether oxygens (including phenoxy) is 1. The number of fused-ring (bicyclic) bond motifs is 1. The van der Waals surface area contributed by atoms with Gasteiger partial charge in [-0.15, -0.1) is 0 Å². The summed E-state index contributed by atoms with van der Waals surface area (Å²) >= 11 is 7.34. The average Bonchev–Trinajstić information content (AvgIpc) is 2.77. The minimum absolute atomic E-state index is 0.106. The van der Waals surface area contributed by atoms with Gasteiger partial charge in [0, 0.05) is 24.8 Å². The Morgan fingerprint density at radius 1 is 1.26 bits per heavy atom. The van der Waals surface area contributed by atoms with Crippen molar-refractivity contribution < 1.29 is 9.53 Å². The number of rotatable bonds is 10. The molecular weight excluding hydrogens is 434 g/mol. The van der Waals surface area contributed by atoms with Crippen LogP contribution in [0.5, 0.6) is 0 Å². The van der Waals surface area contributed by atoms with E-state index >= 15 is 0 Å². The summed E-state index contributed by atoms with van der Waals surface area (Å²) in [5, 5.41) is 4.51. The van der Waals surface area contributed by atoms with Crippen LogP contribution in [0.25, 0.3) is 10.9 Å². The van der Waals surface area contributed by atoms with E-state index in [2.05, 4.69) is 10.3 Å². The smallest absolute Gasteiger partial charge is 0.262 e. The first-order valence-electron chi connectivity index (χ1n) is 10.2. The van der Waals surface area contributed by atoms with Crippen molar-refractivity contribution in [2.24, 2.45) is 0 Å². The maximum absolute atomic E-state index is 13.1. The second-order valence-corrected chi connectivity index (χ2v) is 8.43. The largest absolute Gasteiger partial charge is 0.382 e. The number of nitrogens with zero attached hydrogens (tertiary/aromatic N) is 2. The Labute approximate surface area is 191 Å². The Bertz CT molecular complexity index is 1090. The van der Waals surface area contributed by atoms with Crippen LogP contribution in [-0.4, -0.2) is 34.4 Å². The molecule has 1 atom stereocenters. The summed E-state index contributed by atoms with van der Waals surface area (Å²) in [5.74, 6) is 0.0314. The van der Waals surface area contributed by atoms with E-state index in [0.29, 0.717) is 47.3 Å². The number of hydrogen-bond acceptors (Lipinski definition) is 5. The van der Waals surface area contributed by atoms with Crippen molar-refractivity contribution >= 4 is 40.2 Å². The highest BCUT2D eigenvalue weighted by atomic mass is 35.5. The van der Waals surface area contributed by atoms with E-state index in [9.17, 15) is 9.59 Å². The van der Waals surface area contributed by atoms with Crippen LogP contribution < -0.4 is 10.9 Å². The van der Waals surface area contributed by atoms with Gasteiger partial charge >= 0.3 is 0 Å². The fourth-order valence-electron chi connectivity index (χ4n) is 3.19. The number of amides is 1. The van der Waals surface area contributed by atoms with Gasteiger partial charge in [-0.25, -0.2) is 4.98 Å². The quantitative estimate of drug-likeness (QED) is 0.275. The molecule has 0 radical (unpaired) electrons. The maximum Gasteiger partial charge on any atom is 0.262 e. The Hall–Kier alpha value is -2.35. The number of aromatic nitrogens is 2. The summed E-state index contributed by atoms with van der Waals surface area (Å²) < 4.78 is 7.02. The fraction of sp³-hybridized carbons (Fsp3) is 0.348. The molecule has 0 saturated carbocycles. The SMILES string of the molecule is CCOCCCn1c(SCC(=O)NC(C)c2ccccc2)nc2cc(Cl)ccc2c1=O. The van der Waals surface area contributed by atoms with Gasteiger partial charge < -0.3 is 10.1 Å². The molecular formula is C23H26ClN3O3S. The molecule has 8 heteroatoms. The average molecular weight is 460 g/mol. The summed E-state index contributed by atoms with van der Waals surface area (Å²) in [6, 6.07) is 14.7. The van der Waals surface area contributed by atoms with Gasteiger partial charge in [0.25, 0.3) is 5.56 Å². The van der Waals surface area contributed by atoms with E-state index in [1.54, 1.807) is 22.8 Å². The number of thioether (sulfide) groups is 1. The third-order valence-corrected chi connectivity index (χ3v) is 5.98. The molecule has 3 rings (SSSR count). The van der Waals surface area contributed by atoms with Crippen LogP contribution in [0.4, 0.5) is 0 Å². The van der Waals surface area contributed by atoms with Crippen LogP contribution in [0.15, 0.2) is 58.5 Å². The molecule has 0 bridgehead atoms. The first kappa shape index (κ1) is 23.3. The Balaban J connectivity index is 1.77. The zero-order valence-corrected chi connectivity index (χ0v) is 19.2. The molecule has 31 heavy (non-hydrogen) atoms. The normalized spacial score (nSPS) is 12.1. The van der Waals surface area contributed by atoms with E-state index in [1.807, 2.05) is 44.2 Å². The van der Waals surface area contributed by atoms with E-state index in [-0.39, 0.29) is 23.3 Å². The third kappa shape index (κ3) is 6.32. The van der Waals surface area contributed by atoms with Crippen LogP contribution in [0.3, 0.4) is 0 Å². The monoisotopic (exact) mass is 459 g/mol. The van der Waals surface area contributed by atoms with Gasteiger partial charge in [-0.05, 0) is 44.0 Å². The third-order valence-electron chi connectivity index (χ3n) is 4.77. The molecule has 1 N–H and O–H groups in total. The number of hydrogen-bond donors (Lipinski definition) is 1. The molecule has 0 aliphatic rings. The van der Waals surface area contributed by atoms with Crippen LogP contribution in [-0.2, 0) is 16.1 Å². The van der Waals surface area contributed by atoms with Gasteiger partial charge in [-0.1, -0.05) is 53.7 Å². The molecule has 1 unspecified atom stereocenters. The van der Waals surface area contributed by atoms with Crippen LogP contribution >= 0.6 is 23.4 Å². The Morgan fingerprint density at radius 2 is 2.03 bits per heavy atom. The summed E-state index contributed by atoms with van der Waals surface area (Å²) in [4.78, 5) is 30.2. The topological polar surface area (TPSA) is 73.2 Å². The molecule has 0 fully saturated rings. The lowest BCUT2D eigenvalue weighted by molar-refractivity contribution is -0.119. The van der Waals surface area contributed by atoms with Gasteiger partial charge in [-0.3, -0.25) is 14.2 Å². The fourth-order valence-corrected chi connectivity index (χ4v) is 4.19. The number of benzene rings is 2. The molecule has 1 heterocycles. The van der Waals surface area contributed by atoms with Crippen LogP contribution in [0, 0.1) is 0 Å². The highest BCUT2D eigenvalue weighted by molar-refractivity contribution is 7.99. The van der Waals surface area contributed by atoms with E-state index < -0.39 is 0 Å². The predicted molar refractivity (Wildman–Crippen MR) is 126 cm³/mol. The Kier molecular flexibility index (Phi) is 8.51. The molecule has 1 amide bonds. The van der Waals surface area contributed by atoms with Crippen molar-refractivity contribution in [1.29, 1.82) is 0 Å². The zero-order valence-electron chi connectivity index (χ0n) is 17.6. The van der Waals surface area contributed by atoms with Crippen LogP contribution in [0.2, 0.25) is 5.02 Å². The van der Waals surface area contributed by atoms with Crippen LogP contribution in [0.1, 0.15) is 31.9 Å². The second kappa shape index (κ2) is 11.3. The molecule has 0 aliphatic heterocycles. The lowest BCUT2D eigenvalue weighted by Gasteiger charge is -2.15. The zero-order chi connectivity index (χ0) is 22.2. The van der Waals surface area contributed by atoms with Gasteiger partial charge in [0.1, 0.15) is 0 Å². The van der Waals surface area contributed by atoms with Gasteiger partial charge in [-0.2, -0.15) is 0 Å². The van der Waals surface area contributed by atoms with E-state index in [1.165, 1.54) is 11.8 Å². The van der Waals surface area contributed by atoms with Gasteiger partial charge in [0.2, 0.25) is 5.91 Å². The van der Waals surface area contributed by atoms with Crippen molar-refractivity contribution in [2.45, 2.75) is 38.0 Å². The van der Waals surface area contributed by atoms with Gasteiger partial charge in [0.15, 0.2) is 5.16 Å². The van der Waals surface area contributed by atoms with Crippen molar-refractivity contribution in [2.75, 3.05) is 19.0 Å². The molecule has 0 saturated heterocycles. The molecule has 3 aromatic rings. The molecule has 0 spiro atoms. The summed E-state index contributed by atoms with van der Waals surface area (Å²) in [6.07, 6.45) is 0.680. The lowest BCUT2D eigenvalue weighted by atomic mass is 10.1. The van der Waals surface area contributed by atoms with E-state index in [0.717, 1.165) is 5.56 Å². The van der Waals surface area contributed by atoms with Crippen molar-refractivity contribution in [1.82, 2.24) is 14.9 Å². The predicted octanol–water partition coefficient (Wildman–Crippen LogP) is 4.45. The Morgan fingerprint density at radius 3 is 2.77 bits per heavy atom. The van der Waals surface area contributed by atoms with Crippen molar-refractivity contribution in [3.8, 4) is 0 Å².